The average molecular weight is 458 g/mol. The molecule has 3 nitrogen and oxygen atoms in total. The second-order valence-electron chi connectivity index (χ2n) is 9.58. The zero-order valence-corrected chi connectivity index (χ0v) is 21.4. The third-order valence-electron chi connectivity index (χ3n) is 6.61. The van der Waals surface area contributed by atoms with E-state index in [4.69, 9.17) is 4.98 Å². The molecule has 0 fully saturated rings. The second kappa shape index (κ2) is 15.4. The summed E-state index contributed by atoms with van der Waals surface area (Å²) in [6, 6.07) is 12.8. The highest BCUT2D eigenvalue weighted by molar-refractivity contribution is 5.65. The van der Waals surface area contributed by atoms with Crippen LogP contribution in [0.25, 0.3) is 22.6 Å². The lowest BCUT2D eigenvalue weighted by Crippen LogP contribution is -1.94. The van der Waals surface area contributed by atoms with Crippen molar-refractivity contribution in [2.45, 2.75) is 104 Å². The standard InChI is InChI=1S/C31H43N3/c1-3-5-7-9-10-11-12-14-16-27-24-33-31(34-25-27)29-20-18-28(19-21-29)30-22-17-26(23-32-30)15-13-8-6-4-2/h17-25H,3-16H2,1-2H3. The molecule has 0 bridgehead atoms. The summed E-state index contributed by atoms with van der Waals surface area (Å²) in [5, 5.41) is 0. The van der Waals surface area contributed by atoms with Crippen LogP contribution in [0.1, 0.15) is 102 Å². The van der Waals surface area contributed by atoms with Gasteiger partial charge in [0.15, 0.2) is 5.82 Å². The maximum absolute atomic E-state index is 4.69. The van der Waals surface area contributed by atoms with E-state index < -0.39 is 0 Å². The van der Waals surface area contributed by atoms with E-state index in [2.05, 4.69) is 60.2 Å². The van der Waals surface area contributed by atoms with Gasteiger partial charge in [0, 0.05) is 29.7 Å². The van der Waals surface area contributed by atoms with Crippen molar-refractivity contribution in [3.05, 3.63) is 66.1 Å². The quantitative estimate of drug-likeness (QED) is 0.201. The Morgan fingerprint density at radius 1 is 0.471 bits per heavy atom. The molecule has 0 N–H and O–H groups in total. The van der Waals surface area contributed by atoms with Gasteiger partial charge in [-0.25, -0.2) is 9.97 Å². The monoisotopic (exact) mass is 457 g/mol. The van der Waals surface area contributed by atoms with Crippen LogP contribution >= 0.6 is 0 Å². The van der Waals surface area contributed by atoms with E-state index >= 15 is 0 Å². The fourth-order valence-electron chi connectivity index (χ4n) is 4.39. The third-order valence-corrected chi connectivity index (χ3v) is 6.61. The molecular weight excluding hydrogens is 414 g/mol. The molecule has 3 heteroatoms. The molecule has 3 rings (SSSR count). The van der Waals surface area contributed by atoms with Crippen LogP contribution in [-0.4, -0.2) is 15.0 Å². The van der Waals surface area contributed by atoms with Crippen LogP contribution < -0.4 is 0 Å². The molecule has 2 heterocycles. The van der Waals surface area contributed by atoms with Crippen LogP contribution in [0.5, 0.6) is 0 Å². The van der Waals surface area contributed by atoms with Crippen molar-refractivity contribution < 1.29 is 0 Å². The van der Waals surface area contributed by atoms with Crippen molar-refractivity contribution in [1.82, 2.24) is 15.0 Å². The van der Waals surface area contributed by atoms with Gasteiger partial charge >= 0.3 is 0 Å². The predicted octanol–water partition coefficient (Wildman–Crippen LogP) is 9.01. The first-order chi connectivity index (χ1) is 16.8. The molecule has 0 spiro atoms. The number of pyridine rings is 1. The van der Waals surface area contributed by atoms with Gasteiger partial charge in [-0.2, -0.15) is 0 Å². The van der Waals surface area contributed by atoms with E-state index in [1.165, 1.54) is 88.2 Å². The van der Waals surface area contributed by atoms with Gasteiger partial charge in [-0.05, 0) is 42.9 Å². The molecule has 34 heavy (non-hydrogen) atoms. The zero-order chi connectivity index (χ0) is 23.8. The highest BCUT2D eigenvalue weighted by Gasteiger charge is 2.05. The van der Waals surface area contributed by atoms with E-state index in [0.717, 1.165) is 35.5 Å². The molecule has 0 saturated carbocycles. The molecule has 1 aromatic carbocycles. The van der Waals surface area contributed by atoms with Crippen molar-refractivity contribution in [1.29, 1.82) is 0 Å². The summed E-state index contributed by atoms with van der Waals surface area (Å²) >= 11 is 0. The molecule has 0 unspecified atom stereocenters. The lowest BCUT2D eigenvalue weighted by atomic mass is 10.0. The molecule has 0 aliphatic rings. The number of hydrogen-bond donors (Lipinski definition) is 0. The van der Waals surface area contributed by atoms with Gasteiger partial charge in [-0.1, -0.05) is 108 Å². The van der Waals surface area contributed by atoms with Crippen LogP contribution in [-0.2, 0) is 12.8 Å². The first-order valence-corrected chi connectivity index (χ1v) is 13.7. The van der Waals surface area contributed by atoms with E-state index in [1.807, 2.05) is 18.6 Å². The normalized spacial score (nSPS) is 11.1. The van der Waals surface area contributed by atoms with Crippen molar-refractivity contribution in [2.75, 3.05) is 0 Å². The first-order valence-electron chi connectivity index (χ1n) is 13.7. The topological polar surface area (TPSA) is 38.7 Å². The molecule has 0 aliphatic heterocycles. The van der Waals surface area contributed by atoms with Gasteiger partial charge in [0.1, 0.15) is 0 Å². The van der Waals surface area contributed by atoms with Crippen LogP contribution in [0.3, 0.4) is 0 Å². The summed E-state index contributed by atoms with van der Waals surface area (Å²) in [5.74, 6) is 0.793. The summed E-state index contributed by atoms with van der Waals surface area (Å²) in [4.78, 5) is 13.9. The van der Waals surface area contributed by atoms with Gasteiger partial charge in [-0.15, -0.1) is 0 Å². The van der Waals surface area contributed by atoms with Crippen molar-refractivity contribution in [3.63, 3.8) is 0 Å². The first kappa shape index (κ1) is 26.1. The lowest BCUT2D eigenvalue weighted by molar-refractivity contribution is 0.575. The summed E-state index contributed by atoms with van der Waals surface area (Å²) in [5.41, 5.74) is 5.77. The summed E-state index contributed by atoms with van der Waals surface area (Å²) < 4.78 is 0. The van der Waals surface area contributed by atoms with Gasteiger partial charge in [0.05, 0.1) is 5.69 Å². The smallest absolute Gasteiger partial charge is 0.159 e. The highest BCUT2D eigenvalue weighted by Crippen LogP contribution is 2.22. The summed E-state index contributed by atoms with van der Waals surface area (Å²) in [6.07, 6.45) is 24.2. The Morgan fingerprint density at radius 2 is 0.971 bits per heavy atom. The van der Waals surface area contributed by atoms with Crippen molar-refractivity contribution in [2.24, 2.45) is 0 Å². The number of aromatic nitrogens is 3. The van der Waals surface area contributed by atoms with E-state index in [-0.39, 0.29) is 0 Å². The Hall–Kier alpha value is -2.55. The van der Waals surface area contributed by atoms with Gasteiger partial charge < -0.3 is 0 Å². The Balaban J connectivity index is 1.44. The number of nitrogens with zero attached hydrogens (tertiary/aromatic N) is 3. The fourth-order valence-corrected chi connectivity index (χ4v) is 4.39. The average Bonchev–Trinajstić information content (AvgIpc) is 2.89. The second-order valence-corrected chi connectivity index (χ2v) is 9.58. The van der Waals surface area contributed by atoms with Crippen LogP contribution in [0.4, 0.5) is 0 Å². The number of hydrogen-bond acceptors (Lipinski definition) is 3. The number of benzene rings is 1. The van der Waals surface area contributed by atoms with Gasteiger partial charge in [-0.3, -0.25) is 4.98 Å². The Labute approximate surface area is 207 Å². The maximum Gasteiger partial charge on any atom is 0.159 e. The summed E-state index contributed by atoms with van der Waals surface area (Å²) in [6.45, 7) is 4.52. The molecule has 0 amide bonds. The third kappa shape index (κ3) is 9.00. The van der Waals surface area contributed by atoms with E-state index in [0.29, 0.717) is 0 Å². The SMILES string of the molecule is CCCCCCCCCCc1cnc(-c2ccc(-c3ccc(CCCCCC)cn3)cc2)nc1. The van der Waals surface area contributed by atoms with Crippen LogP contribution in [0.2, 0.25) is 0 Å². The Morgan fingerprint density at radius 3 is 1.56 bits per heavy atom. The predicted molar refractivity (Wildman–Crippen MR) is 145 cm³/mol. The van der Waals surface area contributed by atoms with Gasteiger partial charge in [0.25, 0.3) is 0 Å². The van der Waals surface area contributed by atoms with Crippen LogP contribution in [0, 0.1) is 0 Å². The number of rotatable bonds is 16. The fraction of sp³-hybridized carbons (Fsp3) is 0.516. The minimum absolute atomic E-state index is 0.793. The van der Waals surface area contributed by atoms with Gasteiger partial charge in [0.2, 0.25) is 0 Å². The van der Waals surface area contributed by atoms with E-state index in [9.17, 15) is 0 Å². The lowest BCUT2D eigenvalue weighted by Gasteiger charge is -2.06. The molecule has 182 valence electrons. The Bertz CT molecular complexity index is 914. The molecule has 0 saturated heterocycles. The highest BCUT2D eigenvalue weighted by atomic mass is 14.9. The summed E-state index contributed by atoms with van der Waals surface area (Å²) in [7, 11) is 0. The Kier molecular flexibility index (Phi) is 11.8. The molecule has 0 radical (unpaired) electrons. The largest absolute Gasteiger partial charge is 0.256 e. The van der Waals surface area contributed by atoms with Crippen molar-refractivity contribution in [3.8, 4) is 22.6 Å². The number of aryl methyl sites for hydroxylation is 2. The molecule has 2 aromatic heterocycles. The minimum Gasteiger partial charge on any atom is -0.256 e. The molecular formula is C31H43N3. The van der Waals surface area contributed by atoms with Crippen LogP contribution in [0.15, 0.2) is 55.0 Å². The molecule has 0 aliphatic carbocycles. The minimum atomic E-state index is 0.793. The molecule has 0 atom stereocenters. The zero-order valence-electron chi connectivity index (χ0n) is 21.4. The number of unbranched alkanes of at least 4 members (excludes halogenated alkanes) is 10. The molecule has 3 aromatic rings. The van der Waals surface area contributed by atoms with E-state index in [1.54, 1.807) is 0 Å². The van der Waals surface area contributed by atoms with Crippen molar-refractivity contribution >= 4 is 0 Å². The maximum atomic E-state index is 4.69.